The SMILES string of the molecule is C[C@H](O)[C@H](NS(=O)(=O)c1ccc(F)cc1)C(=O)OCC(=O)Nc1ccccc1. The van der Waals surface area contributed by atoms with Crippen LogP contribution in [-0.4, -0.2) is 44.2 Å². The van der Waals surface area contributed by atoms with E-state index in [0.717, 1.165) is 24.3 Å². The molecule has 2 atom stereocenters. The van der Waals surface area contributed by atoms with Crippen LogP contribution >= 0.6 is 0 Å². The number of rotatable bonds is 8. The van der Waals surface area contributed by atoms with Crippen molar-refractivity contribution in [2.45, 2.75) is 24.0 Å². The van der Waals surface area contributed by atoms with Crippen LogP contribution in [0.2, 0.25) is 0 Å². The Morgan fingerprint density at radius 2 is 1.71 bits per heavy atom. The summed E-state index contributed by atoms with van der Waals surface area (Å²) in [6, 6.07) is 10.7. The molecule has 8 nitrogen and oxygen atoms in total. The number of amides is 1. The van der Waals surface area contributed by atoms with Crippen molar-refractivity contribution in [1.29, 1.82) is 0 Å². The number of benzene rings is 2. The van der Waals surface area contributed by atoms with Crippen molar-refractivity contribution in [3.63, 3.8) is 0 Å². The van der Waals surface area contributed by atoms with Gasteiger partial charge in [0.15, 0.2) is 6.61 Å². The first kappa shape index (κ1) is 21.5. The number of carbonyl (C=O) groups is 2. The molecule has 0 fully saturated rings. The minimum atomic E-state index is -4.23. The summed E-state index contributed by atoms with van der Waals surface area (Å²) < 4.78 is 44.4. The minimum absolute atomic E-state index is 0.297. The van der Waals surface area contributed by atoms with Gasteiger partial charge in [-0.25, -0.2) is 12.8 Å². The second-order valence-electron chi connectivity index (χ2n) is 5.82. The summed E-state index contributed by atoms with van der Waals surface area (Å²) in [5, 5.41) is 12.2. The lowest BCUT2D eigenvalue weighted by atomic mass is 10.2. The highest BCUT2D eigenvalue weighted by Gasteiger charge is 2.31. The molecule has 2 aromatic carbocycles. The maximum atomic E-state index is 13.0. The van der Waals surface area contributed by atoms with Gasteiger partial charge in [-0.1, -0.05) is 18.2 Å². The molecule has 3 N–H and O–H groups in total. The number of sulfonamides is 1. The molecule has 0 radical (unpaired) electrons. The van der Waals surface area contributed by atoms with Gasteiger partial charge in [-0.2, -0.15) is 4.72 Å². The Hall–Kier alpha value is -2.82. The fraction of sp³-hybridized carbons (Fsp3) is 0.222. The van der Waals surface area contributed by atoms with E-state index >= 15 is 0 Å². The molecule has 10 heteroatoms. The van der Waals surface area contributed by atoms with Crippen molar-refractivity contribution in [2.75, 3.05) is 11.9 Å². The third-order valence-corrected chi connectivity index (χ3v) is 5.00. The molecular weight excluding hydrogens is 391 g/mol. The van der Waals surface area contributed by atoms with Gasteiger partial charge in [-0.3, -0.25) is 9.59 Å². The van der Waals surface area contributed by atoms with Crippen LogP contribution in [0.5, 0.6) is 0 Å². The van der Waals surface area contributed by atoms with Gasteiger partial charge >= 0.3 is 5.97 Å². The maximum Gasteiger partial charge on any atom is 0.327 e. The summed E-state index contributed by atoms with van der Waals surface area (Å²) in [5.74, 6) is -2.40. The van der Waals surface area contributed by atoms with E-state index in [2.05, 4.69) is 5.32 Å². The Morgan fingerprint density at radius 1 is 1.11 bits per heavy atom. The lowest BCUT2D eigenvalue weighted by molar-refractivity contribution is -0.151. The van der Waals surface area contributed by atoms with E-state index in [1.165, 1.54) is 6.92 Å². The smallest absolute Gasteiger partial charge is 0.327 e. The number of para-hydroxylation sites is 1. The van der Waals surface area contributed by atoms with Gasteiger partial charge in [0.1, 0.15) is 11.9 Å². The number of halogens is 1. The molecule has 0 spiro atoms. The van der Waals surface area contributed by atoms with Gasteiger partial charge in [0.05, 0.1) is 11.0 Å². The molecule has 0 saturated carbocycles. The van der Waals surface area contributed by atoms with Crippen LogP contribution in [0.25, 0.3) is 0 Å². The van der Waals surface area contributed by atoms with Crippen molar-refractivity contribution < 1.29 is 32.2 Å². The number of aliphatic hydroxyl groups is 1. The molecule has 0 aliphatic heterocycles. The number of carbonyl (C=O) groups excluding carboxylic acids is 2. The molecule has 0 heterocycles. The van der Waals surface area contributed by atoms with Gasteiger partial charge in [-0.15, -0.1) is 0 Å². The molecule has 0 saturated heterocycles. The van der Waals surface area contributed by atoms with E-state index in [1.54, 1.807) is 30.3 Å². The van der Waals surface area contributed by atoms with Crippen molar-refractivity contribution in [1.82, 2.24) is 4.72 Å². The van der Waals surface area contributed by atoms with Gasteiger partial charge in [0, 0.05) is 5.69 Å². The van der Waals surface area contributed by atoms with Crippen LogP contribution < -0.4 is 10.0 Å². The van der Waals surface area contributed by atoms with Crippen LogP contribution in [0.3, 0.4) is 0 Å². The highest BCUT2D eigenvalue weighted by molar-refractivity contribution is 7.89. The molecule has 0 aromatic heterocycles. The quantitative estimate of drug-likeness (QED) is 0.559. The van der Waals surface area contributed by atoms with Crippen LogP contribution in [-0.2, 0) is 24.3 Å². The molecule has 0 bridgehead atoms. The Bertz CT molecular complexity index is 917. The van der Waals surface area contributed by atoms with Crippen LogP contribution in [0.4, 0.5) is 10.1 Å². The monoisotopic (exact) mass is 410 g/mol. The van der Waals surface area contributed by atoms with E-state index < -0.39 is 46.5 Å². The Labute approximate surface area is 161 Å². The summed E-state index contributed by atoms with van der Waals surface area (Å²) in [6.07, 6.45) is -1.44. The van der Waals surface area contributed by atoms with Gasteiger partial charge in [0.2, 0.25) is 10.0 Å². The number of esters is 1. The Kier molecular flexibility index (Phi) is 7.21. The first-order valence-electron chi connectivity index (χ1n) is 8.16. The van der Waals surface area contributed by atoms with Gasteiger partial charge in [0.25, 0.3) is 5.91 Å². The van der Waals surface area contributed by atoms with Crippen LogP contribution in [0.15, 0.2) is 59.5 Å². The maximum absolute atomic E-state index is 13.0. The Balaban J connectivity index is 1.99. The molecule has 2 aromatic rings. The zero-order valence-electron chi connectivity index (χ0n) is 14.8. The highest BCUT2D eigenvalue weighted by Crippen LogP contribution is 2.12. The summed E-state index contributed by atoms with van der Waals surface area (Å²) in [7, 11) is -4.23. The lowest BCUT2D eigenvalue weighted by Crippen LogP contribution is -2.48. The summed E-state index contributed by atoms with van der Waals surface area (Å²) in [6.45, 7) is 0.512. The fourth-order valence-corrected chi connectivity index (χ4v) is 3.40. The molecule has 0 unspecified atom stereocenters. The first-order valence-corrected chi connectivity index (χ1v) is 9.65. The van der Waals surface area contributed by atoms with Gasteiger partial charge in [-0.05, 0) is 43.3 Å². The number of anilines is 1. The standard InChI is InChI=1S/C18H19FN2O6S/c1-12(22)17(21-28(25,26)15-9-7-13(19)8-10-15)18(24)27-11-16(23)20-14-5-3-2-4-6-14/h2-10,12,17,21-22H,11H2,1H3,(H,20,23)/t12-,17-/m0/s1. The molecular formula is C18H19FN2O6S. The predicted octanol–water partition coefficient (Wildman–Crippen LogP) is 1.04. The molecule has 0 aliphatic carbocycles. The molecule has 0 aliphatic rings. The third-order valence-electron chi connectivity index (χ3n) is 3.55. The van der Waals surface area contributed by atoms with E-state index in [4.69, 9.17) is 4.74 Å². The zero-order valence-corrected chi connectivity index (χ0v) is 15.6. The van der Waals surface area contributed by atoms with Crippen molar-refractivity contribution in [3.05, 3.63) is 60.4 Å². The molecule has 2 rings (SSSR count). The molecule has 150 valence electrons. The second kappa shape index (κ2) is 9.40. The van der Waals surface area contributed by atoms with E-state index in [0.29, 0.717) is 5.69 Å². The van der Waals surface area contributed by atoms with E-state index in [1.807, 2.05) is 4.72 Å². The molecule has 28 heavy (non-hydrogen) atoms. The topological polar surface area (TPSA) is 122 Å². The number of aliphatic hydroxyl groups excluding tert-OH is 1. The average Bonchev–Trinajstić information content (AvgIpc) is 2.65. The summed E-state index contributed by atoms with van der Waals surface area (Å²) in [4.78, 5) is 23.7. The number of ether oxygens (including phenoxy) is 1. The highest BCUT2D eigenvalue weighted by atomic mass is 32.2. The van der Waals surface area contributed by atoms with E-state index in [-0.39, 0.29) is 4.90 Å². The normalized spacial score (nSPS) is 13.4. The van der Waals surface area contributed by atoms with Gasteiger partial charge < -0.3 is 15.2 Å². The largest absolute Gasteiger partial charge is 0.454 e. The van der Waals surface area contributed by atoms with Crippen LogP contribution in [0.1, 0.15) is 6.92 Å². The fourth-order valence-electron chi connectivity index (χ4n) is 2.14. The number of hydrogen-bond acceptors (Lipinski definition) is 6. The van der Waals surface area contributed by atoms with Crippen molar-refractivity contribution >= 4 is 27.6 Å². The summed E-state index contributed by atoms with van der Waals surface area (Å²) in [5.41, 5.74) is 0.493. The van der Waals surface area contributed by atoms with Crippen molar-refractivity contribution in [2.24, 2.45) is 0 Å². The number of hydrogen-bond donors (Lipinski definition) is 3. The average molecular weight is 410 g/mol. The zero-order chi connectivity index (χ0) is 20.7. The second-order valence-corrected chi connectivity index (χ2v) is 7.53. The minimum Gasteiger partial charge on any atom is -0.454 e. The van der Waals surface area contributed by atoms with Crippen LogP contribution in [0, 0.1) is 5.82 Å². The first-order chi connectivity index (χ1) is 13.2. The Morgan fingerprint density at radius 3 is 2.29 bits per heavy atom. The number of nitrogens with one attached hydrogen (secondary N) is 2. The predicted molar refractivity (Wildman–Crippen MR) is 98.2 cm³/mol. The third kappa shape index (κ3) is 6.12. The summed E-state index contributed by atoms with van der Waals surface area (Å²) >= 11 is 0. The van der Waals surface area contributed by atoms with E-state index in [9.17, 15) is 27.5 Å². The lowest BCUT2D eigenvalue weighted by Gasteiger charge is -2.20. The molecule has 1 amide bonds. The van der Waals surface area contributed by atoms with Crippen molar-refractivity contribution in [3.8, 4) is 0 Å².